The second-order valence-corrected chi connectivity index (χ2v) is 6.35. The zero-order chi connectivity index (χ0) is 14.0. The maximum Gasteiger partial charge on any atom is 0.262 e. The van der Waals surface area contributed by atoms with E-state index >= 15 is 0 Å². The second-order valence-electron chi connectivity index (χ2n) is 3.78. The molecule has 1 heterocycles. The molecule has 19 heavy (non-hydrogen) atoms. The molecule has 0 radical (unpaired) electrons. The van der Waals surface area contributed by atoms with Crippen LogP contribution in [0.2, 0.25) is 0 Å². The predicted octanol–water partition coefficient (Wildman–Crippen LogP) is 3.25. The lowest BCUT2D eigenvalue weighted by molar-refractivity contribution is 0.456. The standard InChI is InChI=1S/C12H9ClFNO3S/c1-8-6-9(14)2-4-11(8)18-12-5-3-10(7-15-12)19(13,16)17/h2-7H,1H3. The van der Waals surface area contributed by atoms with Gasteiger partial charge in [0.15, 0.2) is 0 Å². The van der Waals surface area contributed by atoms with Gasteiger partial charge in [-0.1, -0.05) is 0 Å². The lowest BCUT2D eigenvalue weighted by Gasteiger charge is -2.07. The van der Waals surface area contributed by atoms with Gasteiger partial charge in [0.2, 0.25) is 5.88 Å². The molecular weight excluding hydrogens is 293 g/mol. The van der Waals surface area contributed by atoms with Crippen molar-refractivity contribution in [2.75, 3.05) is 0 Å². The topological polar surface area (TPSA) is 56.3 Å². The predicted molar refractivity (Wildman–Crippen MR) is 68.5 cm³/mol. The van der Waals surface area contributed by atoms with Crippen LogP contribution in [-0.2, 0) is 9.05 Å². The molecule has 1 aromatic heterocycles. The molecular formula is C12H9ClFNO3S. The molecule has 0 aliphatic carbocycles. The van der Waals surface area contributed by atoms with E-state index in [-0.39, 0.29) is 16.6 Å². The third-order valence-electron chi connectivity index (χ3n) is 2.34. The van der Waals surface area contributed by atoms with Crippen molar-refractivity contribution in [3.63, 3.8) is 0 Å². The lowest BCUT2D eigenvalue weighted by Crippen LogP contribution is -1.94. The molecule has 7 heteroatoms. The van der Waals surface area contributed by atoms with Gasteiger partial charge in [-0.2, -0.15) is 0 Å². The van der Waals surface area contributed by atoms with Gasteiger partial charge >= 0.3 is 0 Å². The number of nitrogens with zero attached hydrogens (tertiary/aromatic N) is 1. The van der Waals surface area contributed by atoms with Crippen molar-refractivity contribution in [3.05, 3.63) is 47.9 Å². The van der Waals surface area contributed by atoms with E-state index in [9.17, 15) is 12.8 Å². The average molecular weight is 302 g/mol. The molecule has 0 bridgehead atoms. The average Bonchev–Trinajstić information content (AvgIpc) is 2.32. The van der Waals surface area contributed by atoms with Gasteiger partial charge in [0.1, 0.15) is 16.5 Å². The Labute approximate surface area is 114 Å². The molecule has 1 aromatic carbocycles. The number of benzene rings is 1. The molecule has 0 unspecified atom stereocenters. The van der Waals surface area contributed by atoms with E-state index in [1.807, 2.05) is 0 Å². The Morgan fingerprint density at radius 3 is 2.53 bits per heavy atom. The smallest absolute Gasteiger partial charge is 0.262 e. The zero-order valence-corrected chi connectivity index (χ0v) is 11.4. The highest BCUT2D eigenvalue weighted by molar-refractivity contribution is 8.13. The number of halogens is 2. The van der Waals surface area contributed by atoms with E-state index in [4.69, 9.17) is 15.4 Å². The van der Waals surface area contributed by atoms with Crippen LogP contribution < -0.4 is 4.74 Å². The summed E-state index contributed by atoms with van der Waals surface area (Å²) >= 11 is 0. The van der Waals surface area contributed by atoms with Crippen molar-refractivity contribution in [2.24, 2.45) is 0 Å². The SMILES string of the molecule is Cc1cc(F)ccc1Oc1ccc(S(=O)(=O)Cl)cn1. The molecule has 0 fully saturated rings. The van der Waals surface area contributed by atoms with Crippen LogP contribution in [0.1, 0.15) is 5.56 Å². The van der Waals surface area contributed by atoms with Gasteiger partial charge < -0.3 is 4.74 Å². The van der Waals surface area contributed by atoms with Crippen molar-refractivity contribution in [1.82, 2.24) is 4.98 Å². The van der Waals surface area contributed by atoms with Crippen molar-refractivity contribution in [3.8, 4) is 11.6 Å². The van der Waals surface area contributed by atoms with Crippen molar-refractivity contribution in [1.29, 1.82) is 0 Å². The summed E-state index contributed by atoms with van der Waals surface area (Å²) in [5.74, 6) is 0.274. The Balaban J connectivity index is 2.25. The number of aromatic nitrogens is 1. The Hall–Kier alpha value is -1.66. The zero-order valence-electron chi connectivity index (χ0n) is 9.80. The quantitative estimate of drug-likeness (QED) is 0.817. The van der Waals surface area contributed by atoms with Crippen molar-refractivity contribution in [2.45, 2.75) is 11.8 Å². The van der Waals surface area contributed by atoms with E-state index in [1.165, 1.54) is 30.3 Å². The van der Waals surface area contributed by atoms with E-state index in [0.717, 1.165) is 6.20 Å². The van der Waals surface area contributed by atoms with Crippen LogP contribution in [-0.4, -0.2) is 13.4 Å². The van der Waals surface area contributed by atoms with Crippen LogP contribution in [0, 0.1) is 12.7 Å². The number of aryl methyl sites for hydroxylation is 1. The molecule has 0 N–H and O–H groups in total. The summed E-state index contributed by atoms with van der Waals surface area (Å²) in [6, 6.07) is 6.72. The van der Waals surface area contributed by atoms with E-state index in [2.05, 4.69) is 4.98 Å². The van der Waals surface area contributed by atoms with Gasteiger partial charge in [0, 0.05) is 16.7 Å². The van der Waals surface area contributed by atoms with Gasteiger partial charge in [-0.25, -0.2) is 17.8 Å². The van der Waals surface area contributed by atoms with E-state index < -0.39 is 9.05 Å². The maximum atomic E-state index is 12.9. The lowest BCUT2D eigenvalue weighted by atomic mass is 10.2. The monoisotopic (exact) mass is 301 g/mol. The third kappa shape index (κ3) is 3.42. The first kappa shape index (κ1) is 13.8. The number of pyridine rings is 1. The first-order chi connectivity index (χ1) is 8.86. The number of rotatable bonds is 3. The highest BCUT2D eigenvalue weighted by Gasteiger charge is 2.11. The first-order valence-corrected chi connectivity index (χ1v) is 7.52. The molecule has 0 saturated carbocycles. The molecule has 2 aromatic rings. The fraction of sp³-hybridized carbons (Fsp3) is 0.0833. The minimum atomic E-state index is -3.80. The Kier molecular flexibility index (Phi) is 3.73. The van der Waals surface area contributed by atoms with Crippen LogP contribution >= 0.6 is 10.7 Å². The Bertz CT molecular complexity index is 701. The summed E-state index contributed by atoms with van der Waals surface area (Å²) in [5, 5.41) is 0. The van der Waals surface area contributed by atoms with Crippen LogP contribution in [0.5, 0.6) is 11.6 Å². The van der Waals surface area contributed by atoms with Gasteiger partial charge in [-0.15, -0.1) is 0 Å². The summed E-state index contributed by atoms with van der Waals surface area (Å²) in [5.41, 5.74) is 0.607. The maximum absolute atomic E-state index is 12.9. The van der Waals surface area contributed by atoms with Crippen molar-refractivity contribution >= 4 is 19.7 Å². The van der Waals surface area contributed by atoms with Crippen LogP contribution in [0.3, 0.4) is 0 Å². The molecule has 0 aliphatic heterocycles. The molecule has 2 rings (SSSR count). The van der Waals surface area contributed by atoms with E-state index in [1.54, 1.807) is 6.92 Å². The number of hydrogen-bond acceptors (Lipinski definition) is 4. The third-order valence-corrected chi connectivity index (χ3v) is 3.68. The van der Waals surface area contributed by atoms with Crippen LogP contribution in [0.4, 0.5) is 4.39 Å². The fourth-order valence-corrected chi connectivity index (χ4v) is 2.09. The Morgan fingerprint density at radius 1 is 1.26 bits per heavy atom. The summed E-state index contributed by atoms with van der Waals surface area (Å²) in [6.07, 6.45) is 1.09. The molecule has 0 spiro atoms. The molecule has 0 atom stereocenters. The minimum Gasteiger partial charge on any atom is -0.439 e. The largest absolute Gasteiger partial charge is 0.439 e. The first-order valence-electron chi connectivity index (χ1n) is 5.21. The molecule has 0 amide bonds. The van der Waals surface area contributed by atoms with Crippen LogP contribution in [0.25, 0.3) is 0 Å². The second kappa shape index (κ2) is 5.14. The van der Waals surface area contributed by atoms with E-state index in [0.29, 0.717) is 11.3 Å². The molecule has 4 nitrogen and oxygen atoms in total. The van der Waals surface area contributed by atoms with Gasteiger partial charge in [0.05, 0.1) is 6.20 Å². The highest BCUT2D eigenvalue weighted by Crippen LogP contribution is 2.25. The number of ether oxygens (including phenoxy) is 1. The molecule has 100 valence electrons. The normalized spacial score (nSPS) is 11.3. The molecule has 0 aliphatic rings. The number of hydrogen-bond donors (Lipinski definition) is 0. The summed E-state index contributed by atoms with van der Waals surface area (Å²) < 4.78 is 40.4. The van der Waals surface area contributed by atoms with Gasteiger partial charge in [-0.3, -0.25) is 0 Å². The Morgan fingerprint density at radius 2 is 2.00 bits per heavy atom. The highest BCUT2D eigenvalue weighted by atomic mass is 35.7. The minimum absolute atomic E-state index is 0.114. The van der Waals surface area contributed by atoms with Crippen LogP contribution in [0.15, 0.2) is 41.4 Å². The summed E-state index contributed by atoms with van der Waals surface area (Å²) in [7, 11) is 1.36. The van der Waals surface area contributed by atoms with Crippen molar-refractivity contribution < 1.29 is 17.5 Å². The van der Waals surface area contributed by atoms with Gasteiger partial charge in [0.25, 0.3) is 9.05 Å². The molecule has 0 saturated heterocycles. The van der Waals surface area contributed by atoms with Gasteiger partial charge in [-0.05, 0) is 36.8 Å². The summed E-state index contributed by atoms with van der Waals surface area (Å²) in [4.78, 5) is 3.71. The summed E-state index contributed by atoms with van der Waals surface area (Å²) in [6.45, 7) is 1.69. The fourth-order valence-electron chi connectivity index (χ4n) is 1.41.